The maximum absolute atomic E-state index is 14.0. The number of benzene rings is 1. The number of rotatable bonds is 9. The molecule has 156 valence electrons. The van der Waals surface area contributed by atoms with Crippen LogP contribution in [0.2, 0.25) is 0 Å². The molecule has 0 aliphatic carbocycles. The summed E-state index contributed by atoms with van der Waals surface area (Å²) in [4.78, 5) is 4.26. The maximum Gasteiger partial charge on any atom is 0.387 e. The molecular weight excluding hydrogens is 488 g/mol. The minimum atomic E-state index is -3.03. The lowest BCUT2D eigenvalue weighted by Crippen LogP contribution is -2.39. The van der Waals surface area contributed by atoms with E-state index in [9.17, 15) is 13.2 Å². The zero-order valence-electron chi connectivity index (χ0n) is 15.7. The van der Waals surface area contributed by atoms with Crippen molar-refractivity contribution in [2.45, 2.75) is 40.0 Å². The van der Waals surface area contributed by atoms with Crippen LogP contribution in [0.4, 0.5) is 13.2 Å². The molecule has 2 rings (SSSR count). The molecule has 0 unspecified atom stereocenters. The SMILES string of the molecule is CCNC(=NCc1c(F)cccc1OC(F)F)NCCn1cnnc1CC.I. The predicted molar refractivity (Wildman–Crippen MR) is 111 cm³/mol. The fourth-order valence-electron chi connectivity index (χ4n) is 2.43. The largest absolute Gasteiger partial charge is 0.434 e. The predicted octanol–water partition coefficient (Wildman–Crippen LogP) is 2.95. The highest BCUT2D eigenvalue weighted by atomic mass is 127. The van der Waals surface area contributed by atoms with Crippen LogP contribution in [-0.4, -0.2) is 40.4 Å². The van der Waals surface area contributed by atoms with Crippen molar-refractivity contribution >= 4 is 29.9 Å². The van der Waals surface area contributed by atoms with Crippen molar-refractivity contribution in [1.82, 2.24) is 25.4 Å². The van der Waals surface area contributed by atoms with Crippen molar-refractivity contribution in [1.29, 1.82) is 0 Å². The van der Waals surface area contributed by atoms with E-state index in [0.29, 0.717) is 25.6 Å². The second-order valence-electron chi connectivity index (χ2n) is 5.51. The highest BCUT2D eigenvalue weighted by Crippen LogP contribution is 2.24. The maximum atomic E-state index is 14.0. The van der Waals surface area contributed by atoms with Gasteiger partial charge in [-0.3, -0.25) is 0 Å². The van der Waals surface area contributed by atoms with E-state index in [4.69, 9.17) is 0 Å². The first-order valence-electron chi connectivity index (χ1n) is 8.66. The first-order valence-corrected chi connectivity index (χ1v) is 8.66. The smallest absolute Gasteiger partial charge is 0.387 e. The zero-order valence-corrected chi connectivity index (χ0v) is 18.0. The monoisotopic (exact) mass is 512 g/mol. The van der Waals surface area contributed by atoms with Gasteiger partial charge in [-0.05, 0) is 19.1 Å². The number of alkyl halides is 2. The van der Waals surface area contributed by atoms with Gasteiger partial charge in [0.2, 0.25) is 0 Å². The number of aromatic nitrogens is 3. The van der Waals surface area contributed by atoms with E-state index in [1.54, 1.807) is 6.33 Å². The Morgan fingerprint density at radius 2 is 2.07 bits per heavy atom. The number of aliphatic imine (C=N–C) groups is 1. The third-order valence-electron chi connectivity index (χ3n) is 3.69. The molecule has 0 radical (unpaired) electrons. The number of halogens is 4. The average molecular weight is 512 g/mol. The van der Waals surface area contributed by atoms with Crippen LogP contribution >= 0.6 is 24.0 Å². The van der Waals surface area contributed by atoms with E-state index < -0.39 is 12.4 Å². The van der Waals surface area contributed by atoms with Crippen molar-refractivity contribution < 1.29 is 17.9 Å². The number of nitrogens with zero attached hydrogens (tertiary/aromatic N) is 4. The van der Waals surface area contributed by atoms with Crippen LogP contribution in [0.25, 0.3) is 0 Å². The Morgan fingerprint density at radius 1 is 1.29 bits per heavy atom. The van der Waals surface area contributed by atoms with Crippen molar-refractivity contribution in [2.24, 2.45) is 4.99 Å². The van der Waals surface area contributed by atoms with Crippen LogP contribution in [0.1, 0.15) is 25.2 Å². The molecule has 0 aliphatic heterocycles. The molecule has 0 bridgehead atoms. The van der Waals surface area contributed by atoms with Gasteiger partial charge in [-0.15, -0.1) is 34.2 Å². The molecule has 0 amide bonds. The van der Waals surface area contributed by atoms with Crippen LogP contribution < -0.4 is 15.4 Å². The molecule has 1 heterocycles. The summed E-state index contributed by atoms with van der Waals surface area (Å²) in [6.07, 6.45) is 2.42. The van der Waals surface area contributed by atoms with Gasteiger partial charge in [-0.1, -0.05) is 13.0 Å². The van der Waals surface area contributed by atoms with Crippen molar-refractivity contribution in [2.75, 3.05) is 13.1 Å². The minimum absolute atomic E-state index is 0. The summed E-state index contributed by atoms with van der Waals surface area (Å²) in [6, 6.07) is 3.79. The van der Waals surface area contributed by atoms with Gasteiger partial charge in [0.25, 0.3) is 0 Å². The molecule has 11 heteroatoms. The van der Waals surface area contributed by atoms with Crippen molar-refractivity contribution in [3.05, 3.63) is 41.7 Å². The number of nitrogens with one attached hydrogen (secondary N) is 2. The van der Waals surface area contributed by atoms with E-state index in [2.05, 4.69) is 30.6 Å². The molecule has 0 fully saturated rings. The van der Waals surface area contributed by atoms with Gasteiger partial charge in [-0.25, -0.2) is 9.38 Å². The Balaban J connectivity index is 0.00000392. The molecule has 28 heavy (non-hydrogen) atoms. The molecule has 0 atom stereocenters. The minimum Gasteiger partial charge on any atom is -0.434 e. The van der Waals surface area contributed by atoms with E-state index >= 15 is 0 Å². The molecule has 1 aromatic heterocycles. The normalized spacial score (nSPS) is 11.3. The summed E-state index contributed by atoms with van der Waals surface area (Å²) < 4.78 is 45.3. The Kier molecular flexibility index (Phi) is 10.6. The molecule has 0 spiro atoms. The fourth-order valence-corrected chi connectivity index (χ4v) is 2.43. The molecule has 0 saturated heterocycles. The van der Waals surface area contributed by atoms with Crippen LogP contribution in [0, 0.1) is 5.82 Å². The Morgan fingerprint density at radius 3 is 2.75 bits per heavy atom. The quantitative estimate of drug-likeness (QED) is 0.307. The van der Waals surface area contributed by atoms with Crippen molar-refractivity contribution in [3.63, 3.8) is 0 Å². The first-order chi connectivity index (χ1) is 13.0. The summed E-state index contributed by atoms with van der Waals surface area (Å²) in [6.45, 7) is 2.47. The fraction of sp³-hybridized carbons (Fsp3) is 0.471. The Bertz CT molecular complexity index is 756. The standard InChI is InChI=1S/C17H23F3N6O.HI/c1-3-15-25-24-11-26(15)9-8-22-17(21-4-2)23-10-12-13(18)6-5-7-14(12)27-16(19)20;/h5-7,11,16H,3-4,8-10H2,1-2H3,(H2,21,22,23);1H. The first kappa shape index (κ1) is 24.0. The molecule has 2 aromatic rings. The van der Waals surface area contributed by atoms with Crippen LogP contribution in [0.3, 0.4) is 0 Å². The van der Waals surface area contributed by atoms with Crippen LogP contribution in [0.5, 0.6) is 5.75 Å². The van der Waals surface area contributed by atoms with Crippen LogP contribution in [0.15, 0.2) is 29.5 Å². The number of aryl methyl sites for hydroxylation is 1. The van der Waals surface area contributed by atoms with E-state index in [-0.39, 0.29) is 41.8 Å². The van der Waals surface area contributed by atoms with Gasteiger partial charge in [0.1, 0.15) is 23.7 Å². The van der Waals surface area contributed by atoms with E-state index in [1.807, 2.05) is 18.4 Å². The molecule has 0 saturated carbocycles. The molecule has 0 aliphatic rings. The highest BCUT2D eigenvalue weighted by Gasteiger charge is 2.13. The van der Waals surface area contributed by atoms with Gasteiger partial charge in [0, 0.05) is 26.1 Å². The number of hydrogen-bond donors (Lipinski definition) is 2. The van der Waals surface area contributed by atoms with Gasteiger partial charge in [-0.2, -0.15) is 8.78 Å². The second-order valence-corrected chi connectivity index (χ2v) is 5.51. The lowest BCUT2D eigenvalue weighted by molar-refractivity contribution is -0.0506. The van der Waals surface area contributed by atoms with Gasteiger partial charge in [0.05, 0.1) is 12.1 Å². The summed E-state index contributed by atoms with van der Waals surface area (Å²) in [5.41, 5.74) is -0.0259. The summed E-state index contributed by atoms with van der Waals surface area (Å²) in [7, 11) is 0. The molecule has 1 aromatic carbocycles. The topological polar surface area (TPSA) is 76.4 Å². The Labute approximate surface area is 178 Å². The van der Waals surface area contributed by atoms with Crippen molar-refractivity contribution in [3.8, 4) is 5.75 Å². The van der Waals surface area contributed by atoms with E-state index in [1.165, 1.54) is 18.2 Å². The van der Waals surface area contributed by atoms with Crippen LogP contribution in [-0.2, 0) is 19.5 Å². The zero-order chi connectivity index (χ0) is 19.6. The lowest BCUT2D eigenvalue weighted by atomic mass is 10.2. The lowest BCUT2D eigenvalue weighted by Gasteiger charge is -2.13. The third kappa shape index (κ3) is 7.17. The number of guanidine groups is 1. The molecular formula is C17H24F3IN6O. The average Bonchev–Trinajstić information content (AvgIpc) is 3.08. The number of ether oxygens (including phenoxy) is 1. The molecule has 7 nitrogen and oxygen atoms in total. The van der Waals surface area contributed by atoms with Gasteiger partial charge < -0.3 is 19.9 Å². The van der Waals surface area contributed by atoms with Gasteiger partial charge >= 0.3 is 6.61 Å². The molecule has 2 N–H and O–H groups in total. The summed E-state index contributed by atoms with van der Waals surface area (Å²) >= 11 is 0. The number of hydrogen-bond acceptors (Lipinski definition) is 4. The second kappa shape index (κ2) is 12.4. The Hall–Kier alpha value is -2.05. The van der Waals surface area contributed by atoms with E-state index in [0.717, 1.165) is 12.2 Å². The summed E-state index contributed by atoms with van der Waals surface area (Å²) in [5.74, 6) is 0.445. The highest BCUT2D eigenvalue weighted by molar-refractivity contribution is 14.0. The van der Waals surface area contributed by atoms with Gasteiger partial charge in [0.15, 0.2) is 5.96 Å². The third-order valence-corrected chi connectivity index (χ3v) is 3.69. The summed E-state index contributed by atoms with van der Waals surface area (Å²) in [5, 5.41) is 14.0.